The fraction of sp³-hybridized carbons (Fsp3) is 0.259. The third-order valence-corrected chi connectivity index (χ3v) is 5.62. The molecule has 0 bridgehead atoms. The molecular weight excluding hydrogens is 516 g/mol. The van der Waals surface area contributed by atoms with Crippen molar-refractivity contribution in [2.45, 2.75) is 30.7 Å². The molecule has 208 valence electrons. The standard InChI is InChI=1S/C27H28O12/c1-36-20-11-14(5-9-18(20)30)3-7-16(28)13-17(29)8-4-15-6-10-19(21(12-15)37-2)38-27-24(33)22(31)23(32)25(39-27)26(34)35/h3-13,22-25,27-28,30-33H,1-2H3,(H,34,35)/b7-3+,8-4+,16-13-/t22-,23-,24+,25-,27?/m0/s1. The number of carbonyl (C=O) groups excluding carboxylic acids is 1. The van der Waals surface area contributed by atoms with Crippen LogP contribution in [0.25, 0.3) is 12.2 Å². The van der Waals surface area contributed by atoms with Gasteiger partial charge in [-0.25, -0.2) is 4.79 Å². The van der Waals surface area contributed by atoms with Crippen LogP contribution in [0.5, 0.6) is 23.0 Å². The van der Waals surface area contributed by atoms with Crippen LogP contribution >= 0.6 is 0 Å². The van der Waals surface area contributed by atoms with Crippen molar-refractivity contribution in [3.05, 3.63) is 71.5 Å². The Balaban J connectivity index is 1.68. The number of carbonyl (C=O) groups is 2. The first-order chi connectivity index (χ1) is 18.5. The maximum atomic E-state index is 12.2. The van der Waals surface area contributed by atoms with Gasteiger partial charge in [0.1, 0.15) is 24.1 Å². The first kappa shape index (κ1) is 29.2. The van der Waals surface area contributed by atoms with Crippen LogP contribution in [0.15, 0.2) is 60.4 Å². The number of methoxy groups -OCH3 is 2. The second-order valence-electron chi connectivity index (χ2n) is 8.33. The van der Waals surface area contributed by atoms with Crippen molar-refractivity contribution in [3.8, 4) is 23.0 Å². The van der Waals surface area contributed by atoms with Crippen LogP contribution in [-0.2, 0) is 14.3 Å². The molecule has 12 nitrogen and oxygen atoms in total. The number of carboxylic acids is 1. The summed E-state index contributed by atoms with van der Waals surface area (Å²) in [6.45, 7) is 0. The number of ketones is 1. The van der Waals surface area contributed by atoms with Crippen LogP contribution in [0.4, 0.5) is 0 Å². The van der Waals surface area contributed by atoms with Crippen LogP contribution < -0.4 is 14.2 Å². The van der Waals surface area contributed by atoms with Gasteiger partial charge in [0, 0.05) is 6.08 Å². The van der Waals surface area contributed by atoms with Gasteiger partial charge in [-0.3, -0.25) is 4.79 Å². The van der Waals surface area contributed by atoms with Gasteiger partial charge in [-0.05, 0) is 47.5 Å². The van der Waals surface area contributed by atoms with E-state index in [0.29, 0.717) is 11.1 Å². The van der Waals surface area contributed by atoms with Crippen molar-refractivity contribution < 1.29 is 59.2 Å². The molecule has 0 aromatic heterocycles. The molecule has 1 fully saturated rings. The second-order valence-corrected chi connectivity index (χ2v) is 8.33. The first-order valence-corrected chi connectivity index (χ1v) is 11.5. The minimum absolute atomic E-state index is 0.0312. The Morgan fingerprint density at radius 3 is 2.08 bits per heavy atom. The fourth-order valence-corrected chi connectivity index (χ4v) is 3.56. The molecule has 39 heavy (non-hydrogen) atoms. The molecule has 12 heteroatoms. The first-order valence-electron chi connectivity index (χ1n) is 11.5. The highest BCUT2D eigenvalue weighted by molar-refractivity contribution is 6.02. The van der Waals surface area contributed by atoms with Crippen LogP contribution in [0.2, 0.25) is 0 Å². The van der Waals surface area contributed by atoms with E-state index in [-0.39, 0.29) is 28.8 Å². The molecule has 0 radical (unpaired) electrons. The van der Waals surface area contributed by atoms with Crippen LogP contribution in [0, 0.1) is 0 Å². The molecule has 6 N–H and O–H groups in total. The summed E-state index contributed by atoms with van der Waals surface area (Å²) in [5, 5.41) is 58.8. The summed E-state index contributed by atoms with van der Waals surface area (Å²) in [5.74, 6) is -1.98. The van der Waals surface area contributed by atoms with Gasteiger partial charge in [0.15, 0.2) is 34.9 Å². The van der Waals surface area contributed by atoms with E-state index in [1.165, 1.54) is 62.8 Å². The molecule has 0 saturated carbocycles. The number of carboxylic acid groups (broad SMARTS) is 1. The number of hydrogen-bond donors (Lipinski definition) is 6. The van der Waals surface area contributed by atoms with Crippen LogP contribution in [-0.4, -0.2) is 87.3 Å². The highest BCUT2D eigenvalue weighted by Crippen LogP contribution is 2.32. The largest absolute Gasteiger partial charge is 0.508 e. The number of hydrogen-bond acceptors (Lipinski definition) is 11. The molecular formula is C27H28O12. The summed E-state index contributed by atoms with van der Waals surface area (Å²) in [5.41, 5.74) is 1.12. The van der Waals surface area contributed by atoms with E-state index in [2.05, 4.69) is 0 Å². The van der Waals surface area contributed by atoms with Crippen molar-refractivity contribution in [1.82, 2.24) is 0 Å². The zero-order valence-corrected chi connectivity index (χ0v) is 20.9. The van der Waals surface area contributed by atoms with E-state index < -0.39 is 42.5 Å². The SMILES string of the molecule is COc1cc(/C=C/C(O)=C/C(=O)/C=C/c2ccc(OC3O[C@H](C(=O)O)[C@@H](O)[C@H](O)[C@H]3O)c(OC)c2)ccc1O. The summed E-state index contributed by atoms with van der Waals surface area (Å²) in [4.78, 5) is 23.5. The number of allylic oxidation sites excluding steroid dienone is 3. The third-order valence-electron chi connectivity index (χ3n) is 5.62. The van der Waals surface area contributed by atoms with E-state index in [4.69, 9.17) is 18.9 Å². The van der Waals surface area contributed by atoms with Gasteiger partial charge in [-0.15, -0.1) is 0 Å². The Bertz CT molecular complexity index is 1280. The zero-order chi connectivity index (χ0) is 28.7. The number of benzene rings is 2. The molecule has 0 spiro atoms. The van der Waals surface area contributed by atoms with Gasteiger partial charge in [0.25, 0.3) is 0 Å². The lowest BCUT2D eigenvalue weighted by Gasteiger charge is -2.38. The van der Waals surface area contributed by atoms with Gasteiger partial charge < -0.3 is 49.6 Å². The van der Waals surface area contributed by atoms with Gasteiger partial charge in [0.2, 0.25) is 6.29 Å². The number of aromatic hydroxyl groups is 1. The number of phenolic OH excluding ortho intramolecular Hbond substituents is 1. The number of aliphatic hydroxyl groups excluding tert-OH is 4. The maximum Gasteiger partial charge on any atom is 0.335 e. The Morgan fingerprint density at radius 1 is 0.821 bits per heavy atom. The monoisotopic (exact) mass is 544 g/mol. The quantitative estimate of drug-likeness (QED) is 0.143. The molecule has 1 saturated heterocycles. The molecule has 1 aliphatic heterocycles. The summed E-state index contributed by atoms with van der Waals surface area (Å²) >= 11 is 0. The highest BCUT2D eigenvalue weighted by atomic mass is 16.7. The smallest absolute Gasteiger partial charge is 0.335 e. The Labute approximate surface area is 222 Å². The predicted molar refractivity (Wildman–Crippen MR) is 136 cm³/mol. The lowest BCUT2D eigenvalue weighted by molar-refractivity contribution is -0.271. The number of ether oxygens (including phenoxy) is 4. The Kier molecular flexibility index (Phi) is 9.68. The van der Waals surface area contributed by atoms with Gasteiger partial charge in [-0.2, -0.15) is 0 Å². The summed E-state index contributed by atoms with van der Waals surface area (Å²) in [7, 11) is 2.73. The van der Waals surface area contributed by atoms with Crippen molar-refractivity contribution in [2.24, 2.45) is 0 Å². The molecule has 1 heterocycles. The van der Waals surface area contributed by atoms with Gasteiger partial charge in [0.05, 0.1) is 14.2 Å². The summed E-state index contributed by atoms with van der Waals surface area (Å²) < 4.78 is 20.9. The Morgan fingerprint density at radius 2 is 1.44 bits per heavy atom. The molecule has 2 aromatic carbocycles. The van der Waals surface area contributed by atoms with Crippen LogP contribution in [0.1, 0.15) is 11.1 Å². The molecule has 5 atom stereocenters. The minimum Gasteiger partial charge on any atom is -0.508 e. The topological polar surface area (TPSA) is 192 Å². The molecule has 1 unspecified atom stereocenters. The molecule has 0 aliphatic carbocycles. The average molecular weight is 545 g/mol. The lowest BCUT2D eigenvalue weighted by Crippen LogP contribution is -2.61. The fourth-order valence-electron chi connectivity index (χ4n) is 3.56. The highest BCUT2D eigenvalue weighted by Gasteiger charge is 2.48. The minimum atomic E-state index is -1.86. The van der Waals surface area contributed by atoms with Gasteiger partial charge >= 0.3 is 5.97 Å². The van der Waals surface area contributed by atoms with Crippen molar-refractivity contribution in [3.63, 3.8) is 0 Å². The van der Waals surface area contributed by atoms with E-state index in [0.717, 1.165) is 6.08 Å². The molecule has 2 aromatic rings. The summed E-state index contributed by atoms with van der Waals surface area (Å²) in [6.07, 6.45) is -2.40. The predicted octanol–water partition coefficient (Wildman–Crippen LogP) is 1.42. The number of rotatable bonds is 10. The lowest BCUT2D eigenvalue weighted by atomic mass is 9.99. The average Bonchev–Trinajstić information content (AvgIpc) is 2.91. The van der Waals surface area contributed by atoms with E-state index >= 15 is 0 Å². The van der Waals surface area contributed by atoms with E-state index in [9.17, 15) is 40.2 Å². The van der Waals surface area contributed by atoms with Crippen LogP contribution in [0.3, 0.4) is 0 Å². The third kappa shape index (κ3) is 7.36. The molecule has 3 rings (SSSR count). The number of phenols is 1. The number of aliphatic carboxylic acids is 1. The van der Waals surface area contributed by atoms with E-state index in [1.54, 1.807) is 12.1 Å². The Hall–Kier alpha value is -4.36. The van der Waals surface area contributed by atoms with Crippen molar-refractivity contribution in [1.29, 1.82) is 0 Å². The molecule has 0 amide bonds. The van der Waals surface area contributed by atoms with Crippen molar-refractivity contribution >= 4 is 23.9 Å². The molecule has 1 aliphatic rings. The van der Waals surface area contributed by atoms with Gasteiger partial charge in [-0.1, -0.05) is 24.3 Å². The number of aliphatic hydroxyl groups is 4. The van der Waals surface area contributed by atoms with Crippen molar-refractivity contribution in [2.75, 3.05) is 14.2 Å². The summed E-state index contributed by atoms with van der Waals surface area (Å²) in [6, 6.07) is 9.01. The normalized spacial score (nSPS) is 23.6. The van der Waals surface area contributed by atoms with E-state index in [1.807, 2.05) is 0 Å². The zero-order valence-electron chi connectivity index (χ0n) is 20.9. The second kappa shape index (κ2) is 12.9. The maximum absolute atomic E-state index is 12.2.